The Morgan fingerprint density at radius 3 is 2.56 bits per heavy atom. The van der Waals surface area contributed by atoms with Crippen LogP contribution in [0.15, 0.2) is 54.0 Å². The van der Waals surface area contributed by atoms with Crippen LogP contribution in [0, 0.1) is 18.6 Å². The number of carbonyl (C=O) groups excluding carboxylic acids is 1. The van der Waals surface area contributed by atoms with Gasteiger partial charge in [0.25, 0.3) is 5.56 Å². The van der Waals surface area contributed by atoms with E-state index in [1.807, 2.05) is 37.5 Å². The molecule has 0 spiro atoms. The van der Waals surface area contributed by atoms with E-state index >= 15 is 8.78 Å². The number of rotatable bonds is 4. The number of hydrogen-bond acceptors (Lipinski definition) is 6. The van der Waals surface area contributed by atoms with Crippen LogP contribution in [0.25, 0.3) is 27.7 Å². The largest absolute Gasteiger partial charge is 0.399 e. The molecule has 11 heteroatoms. The van der Waals surface area contributed by atoms with E-state index in [9.17, 15) is 9.59 Å². The normalized spacial score (nSPS) is 17.9. The first kappa shape index (κ1) is 30.6. The standard InChI is InChI=1S/C34H35ClF2N6O2/c1-7-26(44)41-16-21-15-40(6)33-32(42(21)14-19(41)5)23-13-25(36)27(22-12-20(38)8-9-24(22)35)28(37)31(23)43(34(33)45)30-18(4)10-11-39-29(30)17(2)3/h7-13,17,19,21H,1,14-16,38H2,2-6H3. The van der Waals surface area contributed by atoms with Gasteiger partial charge in [-0.05, 0) is 61.7 Å². The van der Waals surface area contributed by atoms with Crippen molar-refractivity contribution >= 4 is 45.5 Å². The lowest BCUT2D eigenvalue weighted by molar-refractivity contribution is -0.128. The second-order valence-corrected chi connectivity index (χ2v) is 12.7. The molecule has 4 heterocycles. The fourth-order valence-corrected chi connectivity index (χ4v) is 7.07. The Morgan fingerprint density at radius 1 is 1.13 bits per heavy atom. The Labute approximate surface area is 265 Å². The fraction of sp³-hybridized carbons (Fsp3) is 0.324. The molecule has 2 unspecified atom stereocenters. The molecule has 8 nitrogen and oxygen atoms in total. The van der Waals surface area contributed by atoms with Gasteiger partial charge >= 0.3 is 0 Å². The number of amides is 1. The van der Waals surface area contributed by atoms with Crippen LogP contribution < -0.4 is 21.1 Å². The van der Waals surface area contributed by atoms with Crippen molar-refractivity contribution in [1.82, 2.24) is 14.5 Å². The first-order valence-corrected chi connectivity index (χ1v) is 15.3. The molecule has 2 aromatic carbocycles. The van der Waals surface area contributed by atoms with Gasteiger partial charge in [-0.3, -0.25) is 19.1 Å². The van der Waals surface area contributed by atoms with Gasteiger partial charge in [-0.1, -0.05) is 32.0 Å². The zero-order valence-electron chi connectivity index (χ0n) is 25.9. The maximum Gasteiger partial charge on any atom is 0.281 e. The second kappa shape index (κ2) is 11.2. The molecule has 2 N–H and O–H groups in total. The molecule has 0 aliphatic carbocycles. The van der Waals surface area contributed by atoms with Crippen LogP contribution in [0.1, 0.15) is 37.9 Å². The Morgan fingerprint density at radius 2 is 1.87 bits per heavy atom. The monoisotopic (exact) mass is 632 g/mol. The van der Waals surface area contributed by atoms with Gasteiger partial charge in [-0.25, -0.2) is 8.78 Å². The first-order chi connectivity index (χ1) is 21.3. The zero-order valence-corrected chi connectivity index (χ0v) is 26.6. The number of pyridine rings is 2. The molecule has 0 bridgehead atoms. The minimum atomic E-state index is -0.936. The summed E-state index contributed by atoms with van der Waals surface area (Å²) in [6, 6.07) is 7.04. The topological polar surface area (TPSA) is 87.7 Å². The molecule has 45 heavy (non-hydrogen) atoms. The van der Waals surface area contributed by atoms with Crippen molar-refractivity contribution in [3.63, 3.8) is 0 Å². The Hall–Kier alpha value is -4.44. The average molecular weight is 633 g/mol. The SMILES string of the molecule is C=CC(=O)N1CC2CN(C)c3c(c4cc(F)c(-c5cc(N)ccc5Cl)c(F)c4n(-c4c(C)ccnc4C(C)C)c3=O)N2CC1C. The molecule has 2 aliphatic heterocycles. The lowest BCUT2D eigenvalue weighted by Crippen LogP contribution is -2.64. The number of nitrogens with zero attached hydrogens (tertiary/aromatic N) is 5. The van der Waals surface area contributed by atoms with Gasteiger partial charge in [-0.15, -0.1) is 0 Å². The highest BCUT2D eigenvalue weighted by atomic mass is 35.5. The van der Waals surface area contributed by atoms with Crippen LogP contribution in [0.2, 0.25) is 5.02 Å². The number of hydrogen-bond donors (Lipinski definition) is 1. The molecule has 4 aromatic rings. The van der Waals surface area contributed by atoms with Crippen molar-refractivity contribution in [2.45, 2.75) is 45.7 Å². The molecule has 6 rings (SSSR count). The second-order valence-electron chi connectivity index (χ2n) is 12.3. The van der Waals surface area contributed by atoms with E-state index in [4.69, 9.17) is 17.3 Å². The van der Waals surface area contributed by atoms with Crippen LogP contribution in [0.5, 0.6) is 0 Å². The van der Waals surface area contributed by atoms with E-state index in [1.165, 1.54) is 28.8 Å². The van der Waals surface area contributed by atoms with Crippen molar-refractivity contribution in [2.75, 3.05) is 42.2 Å². The smallest absolute Gasteiger partial charge is 0.281 e. The summed E-state index contributed by atoms with van der Waals surface area (Å²) in [4.78, 5) is 37.7. The van der Waals surface area contributed by atoms with Gasteiger partial charge in [0.2, 0.25) is 5.91 Å². The van der Waals surface area contributed by atoms with Crippen molar-refractivity contribution in [1.29, 1.82) is 0 Å². The van der Waals surface area contributed by atoms with Crippen LogP contribution in [0.3, 0.4) is 0 Å². The summed E-state index contributed by atoms with van der Waals surface area (Å²) in [6.45, 7) is 12.4. The number of piperazine rings is 1. The third kappa shape index (κ3) is 4.74. The van der Waals surface area contributed by atoms with Gasteiger partial charge < -0.3 is 20.4 Å². The fourth-order valence-electron chi connectivity index (χ4n) is 6.86. The van der Waals surface area contributed by atoms with E-state index in [2.05, 4.69) is 11.6 Å². The zero-order chi connectivity index (χ0) is 32.5. The van der Waals surface area contributed by atoms with Crippen molar-refractivity contribution in [2.24, 2.45) is 0 Å². The first-order valence-electron chi connectivity index (χ1n) is 14.9. The number of nitrogen functional groups attached to an aromatic ring is 1. The lowest BCUT2D eigenvalue weighted by atomic mass is 9.95. The molecule has 0 saturated carbocycles. The van der Waals surface area contributed by atoms with Gasteiger partial charge in [0, 0.05) is 60.6 Å². The predicted octanol–water partition coefficient (Wildman–Crippen LogP) is 6.04. The molecule has 2 aromatic heterocycles. The number of likely N-dealkylation sites (N-methyl/N-ethyl adjacent to an activating group) is 1. The number of carbonyl (C=O) groups is 1. The molecule has 2 atom stereocenters. The molecule has 1 saturated heterocycles. The summed E-state index contributed by atoms with van der Waals surface area (Å²) in [7, 11) is 1.79. The van der Waals surface area contributed by atoms with E-state index in [0.29, 0.717) is 48.0 Å². The average Bonchev–Trinajstić information content (AvgIpc) is 2.99. The third-order valence-electron chi connectivity index (χ3n) is 8.94. The van der Waals surface area contributed by atoms with Gasteiger partial charge in [-0.2, -0.15) is 0 Å². The van der Waals surface area contributed by atoms with Crippen LogP contribution in [-0.2, 0) is 4.79 Å². The molecule has 234 valence electrons. The van der Waals surface area contributed by atoms with Gasteiger partial charge in [0.15, 0.2) is 5.82 Å². The number of aryl methyl sites for hydroxylation is 1. The summed E-state index contributed by atoms with van der Waals surface area (Å²) < 4.78 is 35.0. The third-order valence-corrected chi connectivity index (χ3v) is 9.27. The highest BCUT2D eigenvalue weighted by Crippen LogP contribution is 2.45. The number of aromatic nitrogens is 2. The predicted molar refractivity (Wildman–Crippen MR) is 177 cm³/mol. The highest BCUT2D eigenvalue weighted by molar-refractivity contribution is 6.33. The quantitative estimate of drug-likeness (QED) is 0.218. The summed E-state index contributed by atoms with van der Waals surface area (Å²) in [5.41, 5.74) is 7.98. The Kier molecular flexibility index (Phi) is 7.59. The number of anilines is 3. The molecular formula is C34H35ClF2N6O2. The van der Waals surface area contributed by atoms with E-state index in [1.54, 1.807) is 30.3 Å². The summed E-state index contributed by atoms with van der Waals surface area (Å²) in [5, 5.41) is 0.346. The Bertz CT molecular complexity index is 1960. The molecule has 0 radical (unpaired) electrons. The summed E-state index contributed by atoms with van der Waals surface area (Å²) >= 11 is 6.48. The minimum Gasteiger partial charge on any atom is -0.399 e. The van der Waals surface area contributed by atoms with Gasteiger partial charge in [0.05, 0.1) is 34.2 Å². The molecule has 2 aliphatic rings. The van der Waals surface area contributed by atoms with Gasteiger partial charge in [0.1, 0.15) is 11.5 Å². The summed E-state index contributed by atoms with van der Waals surface area (Å²) in [6.07, 6.45) is 2.95. The molecule has 1 amide bonds. The number of halogens is 3. The van der Waals surface area contributed by atoms with E-state index in [0.717, 1.165) is 0 Å². The van der Waals surface area contributed by atoms with E-state index in [-0.39, 0.29) is 56.6 Å². The van der Waals surface area contributed by atoms with Crippen molar-refractivity contribution < 1.29 is 13.6 Å². The minimum absolute atomic E-state index is 0.0810. The number of benzene rings is 2. The maximum absolute atomic E-state index is 17.3. The Balaban J connectivity index is 1.77. The van der Waals surface area contributed by atoms with Crippen molar-refractivity contribution in [3.05, 3.63) is 87.5 Å². The van der Waals surface area contributed by atoms with Crippen molar-refractivity contribution in [3.8, 4) is 16.8 Å². The number of fused-ring (bicyclic) bond motifs is 5. The summed E-state index contributed by atoms with van der Waals surface area (Å²) in [5.74, 6) is -2.08. The van der Waals surface area contributed by atoms with Crippen LogP contribution in [-0.4, -0.2) is 59.1 Å². The van der Waals surface area contributed by atoms with Crippen LogP contribution >= 0.6 is 11.6 Å². The molecular weight excluding hydrogens is 598 g/mol. The van der Waals surface area contributed by atoms with Crippen LogP contribution in [0.4, 0.5) is 25.8 Å². The number of nitrogens with two attached hydrogens (primary N) is 1. The maximum atomic E-state index is 17.3. The van der Waals surface area contributed by atoms with E-state index < -0.39 is 17.2 Å². The lowest BCUT2D eigenvalue weighted by Gasteiger charge is -2.51. The molecule has 1 fully saturated rings. The highest BCUT2D eigenvalue weighted by Gasteiger charge is 2.42.